The molecule has 21 heavy (non-hydrogen) atoms. The first kappa shape index (κ1) is 20.1. The Bertz CT molecular complexity index is 441. The fraction of sp³-hybridized carbons (Fsp3) is 0.700. The van der Waals surface area contributed by atoms with E-state index >= 15 is 0 Å². The highest BCUT2D eigenvalue weighted by atomic mass is 35.5. The Morgan fingerprint density at radius 3 is 2.48 bits per heavy atom. The highest BCUT2D eigenvalue weighted by molar-refractivity contribution is 7.09. The third-order valence-corrected chi connectivity index (χ3v) is 3.75. The monoisotopic (exact) mass is 358 g/mol. The molecular weight excluding hydrogens is 339 g/mol. The van der Waals surface area contributed by atoms with Gasteiger partial charge in [0.2, 0.25) is 17.0 Å². The van der Waals surface area contributed by atoms with Crippen LogP contribution in [0.15, 0.2) is 0 Å². The number of methoxy groups -OCH3 is 1. The van der Waals surface area contributed by atoms with Crippen LogP contribution in [-0.4, -0.2) is 66.1 Å². The number of carbonyl (C=O) groups is 1. The van der Waals surface area contributed by atoms with Crippen molar-refractivity contribution in [3.63, 3.8) is 0 Å². The quantitative estimate of drug-likeness (QED) is 0.752. The number of ether oxygens (including phenoxy) is 1. The highest BCUT2D eigenvalue weighted by Gasteiger charge is 2.26. The van der Waals surface area contributed by atoms with E-state index in [9.17, 15) is 4.79 Å². The van der Waals surface area contributed by atoms with Crippen LogP contribution in [-0.2, 0) is 9.53 Å². The Hall–Kier alpha value is -0.870. The molecule has 0 aromatic carbocycles. The van der Waals surface area contributed by atoms with E-state index in [4.69, 9.17) is 16.2 Å². The summed E-state index contributed by atoms with van der Waals surface area (Å²) in [6, 6.07) is -0.589. The molecule has 1 aliphatic rings. The minimum absolute atomic E-state index is 0. The number of nitrogens with two attached hydrogens (primary N) is 2. The van der Waals surface area contributed by atoms with Gasteiger partial charge in [0.1, 0.15) is 6.04 Å². The molecule has 0 saturated carbocycles. The van der Waals surface area contributed by atoms with Crippen molar-refractivity contribution in [2.24, 2.45) is 5.73 Å². The second-order valence-corrected chi connectivity index (χ2v) is 5.04. The maximum Gasteiger partial charge on any atom is 0.241 e. The molecule has 1 aromatic rings. The molecule has 122 valence electrons. The Morgan fingerprint density at radius 1 is 1.38 bits per heavy atom. The summed E-state index contributed by atoms with van der Waals surface area (Å²) in [4.78, 5) is 19.9. The number of amides is 1. The number of piperazine rings is 1. The van der Waals surface area contributed by atoms with Crippen LogP contribution in [0.2, 0.25) is 0 Å². The summed E-state index contributed by atoms with van der Waals surface area (Å²) in [6.45, 7) is 2.90. The predicted octanol–water partition coefficient (Wildman–Crippen LogP) is -0.414. The second-order valence-electron chi connectivity index (χ2n) is 4.31. The van der Waals surface area contributed by atoms with Crippen molar-refractivity contribution >= 4 is 53.3 Å². The maximum atomic E-state index is 12.0. The van der Waals surface area contributed by atoms with Gasteiger partial charge in [-0.1, -0.05) is 0 Å². The lowest BCUT2D eigenvalue weighted by Gasteiger charge is -2.35. The molecule has 2 heterocycles. The molecule has 11 heteroatoms. The van der Waals surface area contributed by atoms with E-state index in [-0.39, 0.29) is 37.3 Å². The van der Waals surface area contributed by atoms with E-state index in [0.717, 1.165) is 5.13 Å². The van der Waals surface area contributed by atoms with Crippen molar-refractivity contribution in [2.45, 2.75) is 6.04 Å². The molecule has 1 saturated heterocycles. The Morgan fingerprint density at radius 2 is 2.00 bits per heavy atom. The summed E-state index contributed by atoms with van der Waals surface area (Å²) in [6.07, 6.45) is 0. The lowest BCUT2D eigenvalue weighted by atomic mass is 10.2. The first-order chi connectivity index (χ1) is 9.11. The van der Waals surface area contributed by atoms with Crippen LogP contribution in [0.1, 0.15) is 0 Å². The van der Waals surface area contributed by atoms with Crippen molar-refractivity contribution in [3.8, 4) is 0 Å². The summed E-state index contributed by atoms with van der Waals surface area (Å²) >= 11 is 1.27. The molecule has 0 aliphatic carbocycles. The number of aromatic nitrogens is 2. The van der Waals surface area contributed by atoms with Crippen LogP contribution >= 0.6 is 36.3 Å². The average molecular weight is 359 g/mol. The summed E-state index contributed by atoms with van der Waals surface area (Å²) in [5.74, 6) is 0.221. The number of hydrogen-bond acceptors (Lipinski definition) is 8. The zero-order chi connectivity index (χ0) is 13.8. The third kappa shape index (κ3) is 5.11. The van der Waals surface area contributed by atoms with E-state index in [1.54, 1.807) is 4.90 Å². The molecule has 1 amide bonds. The zero-order valence-corrected chi connectivity index (χ0v) is 14.0. The lowest BCUT2D eigenvalue weighted by molar-refractivity contribution is -0.134. The van der Waals surface area contributed by atoms with Crippen molar-refractivity contribution in [3.05, 3.63) is 0 Å². The van der Waals surface area contributed by atoms with Crippen LogP contribution in [0.4, 0.5) is 11.1 Å². The van der Waals surface area contributed by atoms with Gasteiger partial charge < -0.3 is 26.0 Å². The van der Waals surface area contributed by atoms with Gasteiger partial charge in [0, 0.05) is 44.8 Å². The topological polar surface area (TPSA) is 111 Å². The number of carbonyl (C=O) groups excluding carboxylic acids is 1. The first-order valence-electron chi connectivity index (χ1n) is 5.99. The van der Waals surface area contributed by atoms with Gasteiger partial charge in [-0.3, -0.25) is 4.79 Å². The van der Waals surface area contributed by atoms with Crippen LogP contribution in [0.5, 0.6) is 0 Å². The number of halogens is 2. The summed E-state index contributed by atoms with van der Waals surface area (Å²) in [7, 11) is 1.53. The highest BCUT2D eigenvalue weighted by Crippen LogP contribution is 2.19. The lowest BCUT2D eigenvalue weighted by Crippen LogP contribution is -2.54. The van der Waals surface area contributed by atoms with E-state index in [2.05, 4.69) is 14.3 Å². The number of anilines is 2. The minimum Gasteiger partial charge on any atom is -0.383 e. The second kappa shape index (κ2) is 9.21. The summed E-state index contributed by atoms with van der Waals surface area (Å²) in [5, 5.41) is 0.797. The van der Waals surface area contributed by atoms with Gasteiger partial charge in [-0.2, -0.15) is 9.36 Å². The normalized spacial score (nSPS) is 15.9. The third-order valence-electron chi connectivity index (χ3n) is 2.96. The smallest absolute Gasteiger partial charge is 0.241 e. The van der Waals surface area contributed by atoms with E-state index < -0.39 is 6.04 Å². The fourth-order valence-electron chi connectivity index (χ4n) is 1.96. The number of nitrogens with zero attached hydrogens (tertiary/aromatic N) is 4. The molecule has 1 fully saturated rings. The predicted molar refractivity (Wildman–Crippen MR) is 87.5 cm³/mol. The SMILES string of the molecule is COCC(N)C(=O)N1CCN(c2nc(N)ns2)CC1.Cl.Cl. The van der Waals surface area contributed by atoms with Gasteiger partial charge in [-0.05, 0) is 0 Å². The zero-order valence-electron chi connectivity index (χ0n) is 11.6. The first-order valence-corrected chi connectivity index (χ1v) is 6.76. The van der Waals surface area contributed by atoms with Gasteiger partial charge in [0.25, 0.3) is 0 Å². The van der Waals surface area contributed by atoms with Crippen LogP contribution in [0.25, 0.3) is 0 Å². The van der Waals surface area contributed by atoms with Gasteiger partial charge in [0.05, 0.1) is 6.61 Å². The van der Waals surface area contributed by atoms with Gasteiger partial charge in [0.15, 0.2) is 0 Å². The maximum absolute atomic E-state index is 12.0. The molecule has 4 N–H and O–H groups in total. The molecule has 1 unspecified atom stereocenters. The van der Waals surface area contributed by atoms with Crippen LogP contribution in [0, 0.1) is 0 Å². The molecule has 1 aromatic heterocycles. The molecule has 0 radical (unpaired) electrons. The molecular formula is C10H20Cl2N6O2S. The van der Waals surface area contributed by atoms with Crippen molar-refractivity contribution in [1.82, 2.24) is 14.3 Å². The van der Waals surface area contributed by atoms with Crippen molar-refractivity contribution in [2.75, 3.05) is 50.5 Å². The van der Waals surface area contributed by atoms with Crippen LogP contribution < -0.4 is 16.4 Å². The van der Waals surface area contributed by atoms with Gasteiger partial charge >= 0.3 is 0 Å². The minimum atomic E-state index is -0.589. The number of rotatable bonds is 4. The molecule has 8 nitrogen and oxygen atoms in total. The van der Waals surface area contributed by atoms with Crippen LogP contribution in [0.3, 0.4) is 0 Å². The van der Waals surface area contributed by atoms with Crippen molar-refractivity contribution < 1.29 is 9.53 Å². The number of nitrogen functional groups attached to an aromatic ring is 1. The largest absolute Gasteiger partial charge is 0.383 e. The summed E-state index contributed by atoms with van der Waals surface area (Å²) < 4.78 is 8.84. The van der Waals surface area contributed by atoms with Gasteiger partial charge in [-0.25, -0.2) is 0 Å². The Kier molecular flexibility index (Phi) is 8.83. The fourth-order valence-corrected chi connectivity index (χ4v) is 2.61. The molecule has 1 atom stereocenters. The Labute approximate surface area is 139 Å². The molecule has 0 bridgehead atoms. The molecule has 0 spiro atoms. The van der Waals surface area contributed by atoms with E-state index in [1.807, 2.05) is 0 Å². The average Bonchev–Trinajstić information content (AvgIpc) is 2.85. The number of hydrogen-bond donors (Lipinski definition) is 2. The molecule has 2 rings (SSSR count). The van der Waals surface area contributed by atoms with Gasteiger partial charge in [-0.15, -0.1) is 24.8 Å². The van der Waals surface area contributed by atoms with Crippen molar-refractivity contribution in [1.29, 1.82) is 0 Å². The molecule has 1 aliphatic heterocycles. The standard InChI is InChI=1S/C10H18N6O2S.2ClH/c1-18-6-7(11)8(17)15-2-4-16(5-3-15)10-13-9(12)14-19-10;;/h7H,2-6,11H2,1H3,(H2,12,14);2*1H. The Balaban J connectivity index is 0.00000200. The van der Waals surface area contributed by atoms with E-state index in [1.165, 1.54) is 18.6 Å². The van der Waals surface area contributed by atoms with E-state index in [0.29, 0.717) is 32.1 Å². The summed E-state index contributed by atoms with van der Waals surface area (Å²) in [5.41, 5.74) is 11.2.